The van der Waals surface area contributed by atoms with Gasteiger partial charge in [0.25, 0.3) is 0 Å². The van der Waals surface area contributed by atoms with E-state index < -0.39 is 11.9 Å². The first-order valence-electron chi connectivity index (χ1n) is 7.16. The molecule has 1 aliphatic carbocycles. The second-order valence-electron chi connectivity index (χ2n) is 5.29. The summed E-state index contributed by atoms with van der Waals surface area (Å²) >= 11 is 0. The summed E-state index contributed by atoms with van der Waals surface area (Å²) in [6, 6.07) is 9.22. The summed E-state index contributed by atoms with van der Waals surface area (Å²) < 4.78 is 0. The summed E-state index contributed by atoms with van der Waals surface area (Å²) in [5.41, 5.74) is 0.811. The van der Waals surface area contributed by atoms with E-state index >= 15 is 0 Å². The number of nitrogens with one attached hydrogen (secondary N) is 1. The number of amides is 1. The molecule has 5 heteroatoms. The second kappa shape index (κ2) is 7.02. The van der Waals surface area contributed by atoms with E-state index in [0.717, 1.165) is 12.0 Å². The average Bonchev–Trinajstić information content (AvgIpc) is 2.86. The Kier molecular flexibility index (Phi) is 5.09. The fraction of sp³-hybridized carbons (Fsp3) is 0.438. The number of carbonyl (C=O) groups excluding carboxylic acids is 2. The Balaban J connectivity index is 2.14. The first kappa shape index (κ1) is 15.2. The summed E-state index contributed by atoms with van der Waals surface area (Å²) in [7, 11) is 0. The largest absolute Gasteiger partial charge is 0.481 e. The lowest BCUT2D eigenvalue weighted by Crippen LogP contribution is -2.36. The molecule has 0 aromatic heterocycles. The third-order valence-corrected chi connectivity index (χ3v) is 3.83. The molecule has 112 valence electrons. The van der Waals surface area contributed by atoms with Gasteiger partial charge in [0.15, 0.2) is 0 Å². The number of hydrogen-bond donors (Lipinski definition) is 2. The topological polar surface area (TPSA) is 83.5 Å². The Morgan fingerprint density at radius 3 is 2.57 bits per heavy atom. The average molecular weight is 289 g/mol. The molecule has 5 nitrogen and oxygen atoms in total. The molecule has 2 N–H and O–H groups in total. The van der Waals surface area contributed by atoms with Crippen LogP contribution in [0.2, 0.25) is 0 Å². The smallest absolute Gasteiger partial charge is 0.305 e. The molecule has 1 aliphatic rings. The monoisotopic (exact) mass is 289 g/mol. The van der Waals surface area contributed by atoms with E-state index in [2.05, 4.69) is 5.32 Å². The van der Waals surface area contributed by atoms with Crippen molar-refractivity contribution in [2.75, 3.05) is 6.54 Å². The van der Waals surface area contributed by atoms with E-state index in [1.807, 2.05) is 30.3 Å². The normalized spacial score (nSPS) is 19.2. The van der Waals surface area contributed by atoms with Crippen molar-refractivity contribution in [2.24, 2.45) is 5.92 Å². The third kappa shape index (κ3) is 3.90. The van der Waals surface area contributed by atoms with Crippen LogP contribution in [0.4, 0.5) is 0 Å². The molecule has 2 atom stereocenters. The first-order chi connectivity index (χ1) is 10.1. The molecule has 21 heavy (non-hydrogen) atoms. The zero-order valence-electron chi connectivity index (χ0n) is 11.7. The zero-order chi connectivity index (χ0) is 15.2. The van der Waals surface area contributed by atoms with Crippen molar-refractivity contribution in [2.45, 2.75) is 31.6 Å². The van der Waals surface area contributed by atoms with Crippen LogP contribution >= 0.6 is 0 Å². The van der Waals surface area contributed by atoms with Crippen molar-refractivity contribution in [1.82, 2.24) is 5.32 Å². The molecule has 0 bridgehead atoms. The molecule has 1 fully saturated rings. The molecule has 1 saturated carbocycles. The molecule has 0 radical (unpaired) electrons. The maximum absolute atomic E-state index is 12.4. The van der Waals surface area contributed by atoms with Crippen molar-refractivity contribution >= 4 is 17.7 Å². The highest BCUT2D eigenvalue weighted by atomic mass is 16.4. The molecule has 1 aromatic carbocycles. The van der Waals surface area contributed by atoms with Crippen LogP contribution in [-0.4, -0.2) is 29.3 Å². The van der Waals surface area contributed by atoms with Gasteiger partial charge in [-0.1, -0.05) is 30.3 Å². The van der Waals surface area contributed by atoms with Gasteiger partial charge in [-0.25, -0.2) is 0 Å². The summed E-state index contributed by atoms with van der Waals surface area (Å²) in [6.07, 6.45) is 1.93. The predicted molar refractivity (Wildman–Crippen MR) is 76.8 cm³/mol. The Bertz CT molecular complexity index is 526. The summed E-state index contributed by atoms with van der Waals surface area (Å²) in [5.74, 6) is -1.91. The maximum Gasteiger partial charge on any atom is 0.305 e. The quantitative estimate of drug-likeness (QED) is 0.835. The minimum atomic E-state index is -0.955. The predicted octanol–water partition coefficient (Wildman–Crippen LogP) is 1.73. The molecular formula is C16H19NO4. The van der Waals surface area contributed by atoms with Gasteiger partial charge >= 0.3 is 5.97 Å². The summed E-state index contributed by atoms with van der Waals surface area (Å²) in [6.45, 7) is 0.0818. The van der Waals surface area contributed by atoms with Crippen LogP contribution in [-0.2, 0) is 14.4 Å². The Hall–Kier alpha value is -2.17. The number of carboxylic acids is 1. The SMILES string of the molecule is O=C(O)CCNC(=O)C(c1ccccc1)C1CCCC1=O. The van der Waals surface area contributed by atoms with Crippen LogP contribution in [0.15, 0.2) is 30.3 Å². The van der Waals surface area contributed by atoms with Gasteiger partial charge in [-0.05, 0) is 18.4 Å². The molecule has 2 unspecified atom stereocenters. The van der Waals surface area contributed by atoms with E-state index in [4.69, 9.17) is 5.11 Å². The van der Waals surface area contributed by atoms with Crippen LogP contribution in [0.1, 0.15) is 37.2 Å². The summed E-state index contributed by atoms with van der Waals surface area (Å²) in [4.78, 5) is 34.9. The molecule has 1 amide bonds. The Morgan fingerprint density at radius 2 is 2.00 bits per heavy atom. The number of aliphatic carboxylic acids is 1. The molecule has 2 rings (SSSR count). The lowest BCUT2D eigenvalue weighted by molar-refractivity contribution is -0.137. The second-order valence-corrected chi connectivity index (χ2v) is 5.29. The van der Waals surface area contributed by atoms with E-state index in [0.29, 0.717) is 12.8 Å². The summed E-state index contributed by atoms with van der Waals surface area (Å²) in [5, 5.41) is 11.3. The van der Waals surface area contributed by atoms with Crippen molar-refractivity contribution in [3.63, 3.8) is 0 Å². The number of ketones is 1. The fourth-order valence-electron chi connectivity index (χ4n) is 2.82. The minimum Gasteiger partial charge on any atom is -0.481 e. The van der Waals surface area contributed by atoms with Gasteiger partial charge in [0, 0.05) is 18.9 Å². The van der Waals surface area contributed by atoms with Gasteiger partial charge in [0.1, 0.15) is 5.78 Å². The molecule has 0 aliphatic heterocycles. The molecule has 1 aromatic rings. The number of rotatable bonds is 6. The maximum atomic E-state index is 12.4. The van der Waals surface area contributed by atoms with E-state index in [1.54, 1.807) is 0 Å². The highest BCUT2D eigenvalue weighted by Crippen LogP contribution is 2.35. The van der Waals surface area contributed by atoms with Crippen LogP contribution in [0.3, 0.4) is 0 Å². The highest BCUT2D eigenvalue weighted by Gasteiger charge is 2.37. The fourth-order valence-corrected chi connectivity index (χ4v) is 2.82. The van der Waals surface area contributed by atoms with Gasteiger partial charge < -0.3 is 10.4 Å². The molecule has 0 saturated heterocycles. The van der Waals surface area contributed by atoms with Gasteiger partial charge in [-0.2, -0.15) is 0 Å². The zero-order valence-corrected chi connectivity index (χ0v) is 11.7. The minimum absolute atomic E-state index is 0.0818. The number of benzene rings is 1. The standard InChI is InChI=1S/C16H19NO4/c18-13-8-4-7-12(13)15(11-5-2-1-3-6-11)16(21)17-10-9-14(19)20/h1-3,5-6,12,15H,4,7-10H2,(H,17,21)(H,19,20). The number of carboxylic acid groups (broad SMARTS) is 1. The van der Waals surface area contributed by atoms with Gasteiger partial charge in [-0.15, -0.1) is 0 Å². The van der Waals surface area contributed by atoms with Crippen LogP contribution in [0.25, 0.3) is 0 Å². The molecule has 0 heterocycles. The third-order valence-electron chi connectivity index (χ3n) is 3.83. The number of hydrogen-bond acceptors (Lipinski definition) is 3. The van der Waals surface area contributed by atoms with E-state index in [1.165, 1.54) is 0 Å². The van der Waals surface area contributed by atoms with Gasteiger partial charge in [-0.3, -0.25) is 14.4 Å². The van der Waals surface area contributed by atoms with Crippen LogP contribution < -0.4 is 5.32 Å². The lowest BCUT2D eigenvalue weighted by atomic mass is 9.83. The van der Waals surface area contributed by atoms with Crippen LogP contribution in [0, 0.1) is 5.92 Å². The highest BCUT2D eigenvalue weighted by molar-refractivity contribution is 5.93. The first-order valence-corrected chi connectivity index (χ1v) is 7.16. The van der Waals surface area contributed by atoms with Crippen molar-refractivity contribution < 1.29 is 19.5 Å². The van der Waals surface area contributed by atoms with Gasteiger partial charge in [0.05, 0.1) is 12.3 Å². The number of Topliss-reactive ketones (excluding diaryl/α,β-unsaturated/α-hetero) is 1. The van der Waals surface area contributed by atoms with Gasteiger partial charge in [0.2, 0.25) is 5.91 Å². The lowest BCUT2D eigenvalue weighted by Gasteiger charge is -2.22. The Labute approximate surface area is 123 Å². The van der Waals surface area contributed by atoms with E-state index in [9.17, 15) is 14.4 Å². The van der Waals surface area contributed by atoms with E-state index in [-0.39, 0.29) is 30.6 Å². The van der Waals surface area contributed by atoms with Crippen LogP contribution in [0.5, 0.6) is 0 Å². The molecule has 0 spiro atoms. The van der Waals surface area contributed by atoms with Crippen molar-refractivity contribution in [1.29, 1.82) is 0 Å². The van der Waals surface area contributed by atoms with Crippen molar-refractivity contribution in [3.8, 4) is 0 Å². The van der Waals surface area contributed by atoms with Crippen molar-refractivity contribution in [3.05, 3.63) is 35.9 Å². The number of carbonyl (C=O) groups is 3. The molecular weight excluding hydrogens is 270 g/mol. The Morgan fingerprint density at radius 1 is 1.29 bits per heavy atom.